The molecule has 0 bridgehead atoms. The second-order valence-corrected chi connectivity index (χ2v) is 5.36. The molecule has 0 spiro atoms. The van der Waals surface area contributed by atoms with E-state index in [4.69, 9.17) is 5.26 Å². The third kappa shape index (κ3) is 4.72. The normalized spacial score (nSPS) is 9.33. The predicted octanol–water partition coefficient (Wildman–Crippen LogP) is 2.74. The molecule has 0 saturated heterocycles. The van der Waals surface area contributed by atoms with E-state index in [-0.39, 0.29) is 0 Å². The van der Waals surface area contributed by atoms with Crippen molar-refractivity contribution in [2.24, 2.45) is 0 Å². The number of imidazole rings is 1. The van der Waals surface area contributed by atoms with Crippen LogP contribution in [-0.2, 0) is 6.54 Å². The Morgan fingerprint density at radius 3 is 2.00 bits per heavy atom. The number of benzene rings is 2. The van der Waals surface area contributed by atoms with Crippen LogP contribution >= 0.6 is 0 Å². The quantitative estimate of drug-likeness (QED) is 0.695. The maximum absolute atomic E-state index is 8.26. The zero-order valence-corrected chi connectivity index (χ0v) is 13.8. The van der Waals surface area contributed by atoms with Gasteiger partial charge in [0.15, 0.2) is 0 Å². The Morgan fingerprint density at radius 1 is 1.08 bits per heavy atom. The van der Waals surface area contributed by atoms with E-state index in [0.717, 1.165) is 5.69 Å². The summed E-state index contributed by atoms with van der Waals surface area (Å²) in [6.45, 7) is 6.53. The summed E-state index contributed by atoms with van der Waals surface area (Å²) in [5.74, 6) is 1.99. The largest absolute Gasteiger partial charge is 0.321 e. The van der Waals surface area contributed by atoms with Gasteiger partial charge in [-0.05, 0) is 6.92 Å². The lowest BCUT2D eigenvalue weighted by Crippen LogP contribution is -2.40. The van der Waals surface area contributed by atoms with Crippen molar-refractivity contribution in [1.82, 2.24) is 9.55 Å². The van der Waals surface area contributed by atoms with Gasteiger partial charge < -0.3 is 4.57 Å². The molecule has 0 amide bonds. The molecule has 4 heteroatoms. The van der Waals surface area contributed by atoms with Gasteiger partial charge in [0.2, 0.25) is 6.71 Å². The fourth-order valence-corrected chi connectivity index (χ4v) is 2.41. The maximum atomic E-state index is 8.26. The molecular weight excluding hydrogens is 293 g/mol. The molecule has 24 heavy (non-hydrogen) atoms. The standard InChI is InChI=1S/C14H13B.C6H7N3/c1-2-15(13-9-5-3-6-10-13)14-11-7-4-8-12-14;1-6-4-8-5-9(6)3-2-7/h2-12H,1H2;4-5H,3H2,1H3. The molecule has 0 unspecified atom stereocenters. The lowest BCUT2D eigenvalue weighted by atomic mass is 9.41. The van der Waals surface area contributed by atoms with Crippen molar-refractivity contribution in [3.63, 3.8) is 0 Å². The van der Waals surface area contributed by atoms with Crippen LogP contribution in [-0.4, -0.2) is 16.3 Å². The van der Waals surface area contributed by atoms with Crippen molar-refractivity contribution < 1.29 is 0 Å². The van der Waals surface area contributed by atoms with Gasteiger partial charge in [0.1, 0.15) is 6.54 Å². The second-order valence-electron chi connectivity index (χ2n) is 5.36. The first kappa shape index (κ1) is 17.3. The summed E-state index contributed by atoms with van der Waals surface area (Å²) < 4.78 is 1.79. The van der Waals surface area contributed by atoms with Crippen LogP contribution in [0.5, 0.6) is 0 Å². The Morgan fingerprint density at radius 2 is 1.62 bits per heavy atom. The van der Waals surface area contributed by atoms with Gasteiger partial charge in [-0.25, -0.2) is 4.98 Å². The fraction of sp³-hybridized carbons (Fsp3) is 0.100. The van der Waals surface area contributed by atoms with Crippen LogP contribution in [0.1, 0.15) is 5.69 Å². The molecule has 0 aliphatic carbocycles. The molecule has 118 valence electrons. The average Bonchev–Trinajstić information content (AvgIpc) is 3.04. The van der Waals surface area contributed by atoms with Gasteiger partial charge >= 0.3 is 0 Å². The number of aromatic nitrogens is 2. The van der Waals surface area contributed by atoms with Gasteiger partial charge in [0, 0.05) is 11.9 Å². The topological polar surface area (TPSA) is 41.6 Å². The molecule has 1 aromatic heterocycles. The van der Waals surface area contributed by atoms with Gasteiger partial charge in [-0.15, -0.1) is 12.6 Å². The molecule has 2 aromatic carbocycles. The smallest absolute Gasteiger partial charge is 0.233 e. The second kappa shape index (κ2) is 9.17. The van der Waals surface area contributed by atoms with Crippen molar-refractivity contribution in [3.05, 3.63) is 91.4 Å². The minimum atomic E-state index is 0.299. The summed E-state index contributed by atoms with van der Waals surface area (Å²) in [6, 6.07) is 22.9. The molecule has 3 aromatic rings. The molecule has 0 N–H and O–H groups in total. The summed E-state index contributed by atoms with van der Waals surface area (Å²) in [5, 5.41) is 8.26. The number of nitriles is 1. The number of aryl methyl sites for hydroxylation is 1. The summed E-state index contributed by atoms with van der Waals surface area (Å²) in [5.41, 5.74) is 3.61. The van der Waals surface area contributed by atoms with E-state index in [1.54, 1.807) is 17.1 Å². The molecule has 0 saturated carbocycles. The molecule has 0 fully saturated rings. The Hall–Kier alpha value is -3.06. The first-order chi connectivity index (χ1) is 11.8. The third-order valence-electron chi connectivity index (χ3n) is 3.71. The molecular formula is C20H20BN3. The fourth-order valence-electron chi connectivity index (χ4n) is 2.41. The van der Waals surface area contributed by atoms with Crippen LogP contribution in [0, 0.1) is 18.3 Å². The number of hydrogen-bond donors (Lipinski definition) is 0. The highest BCUT2D eigenvalue weighted by Crippen LogP contribution is 1.94. The minimum Gasteiger partial charge on any atom is -0.321 e. The molecule has 1 heterocycles. The van der Waals surface area contributed by atoms with Gasteiger partial charge in [-0.2, -0.15) is 5.26 Å². The first-order valence-electron chi connectivity index (χ1n) is 7.82. The Balaban J connectivity index is 0.000000198. The van der Waals surface area contributed by atoms with E-state index < -0.39 is 0 Å². The third-order valence-corrected chi connectivity index (χ3v) is 3.71. The summed E-state index contributed by atoms with van der Waals surface area (Å²) in [4.78, 5) is 3.85. The Kier molecular flexibility index (Phi) is 6.61. The highest BCUT2D eigenvalue weighted by Gasteiger charge is 2.13. The van der Waals surface area contributed by atoms with Crippen molar-refractivity contribution in [2.75, 3.05) is 0 Å². The van der Waals surface area contributed by atoms with E-state index in [1.165, 1.54) is 10.9 Å². The van der Waals surface area contributed by atoms with Crippen LogP contribution in [0.15, 0.2) is 85.7 Å². The van der Waals surface area contributed by atoms with Gasteiger partial charge in [0.25, 0.3) is 0 Å². The maximum Gasteiger partial charge on any atom is 0.233 e. The van der Waals surface area contributed by atoms with E-state index in [0.29, 0.717) is 13.3 Å². The van der Waals surface area contributed by atoms with Crippen LogP contribution in [0.25, 0.3) is 0 Å². The highest BCUT2D eigenvalue weighted by atomic mass is 15.0. The molecule has 0 radical (unpaired) electrons. The zero-order chi connectivity index (χ0) is 17.2. The summed E-state index contributed by atoms with van der Waals surface area (Å²) in [7, 11) is 0. The molecule has 0 aliphatic heterocycles. The zero-order valence-electron chi connectivity index (χ0n) is 13.8. The van der Waals surface area contributed by atoms with E-state index >= 15 is 0 Å². The predicted molar refractivity (Wildman–Crippen MR) is 101 cm³/mol. The average molecular weight is 313 g/mol. The Labute approximate surface area is 144 Å². The number of hydrogen-bond acceptors (Lipinski definition) is 2. The molecule has 3 nitrogen and oxygen atoms in total. The number of nitrogens with zero attached hydrogens (tertiary/aromatic N) is 3. The van der Waals surface area contributed by atoms with Gasteiger partial charge in [0.05, 0.1) is 12.4 Å². The van der Waals surface area contributed by atoms with Gasteiger partial charge in [-0.3, -0.25) is 0 Å². The highest BCUT2D eigenvalue weighted by molar-refractivity contribution is 6.89. The van der Waals surface area contributed by atoms with Crippen LogP contribution in [0.2, 0.25) is 0 Å². The van der Waals surface area contributed by atoms with E-state index in [1.807, 2.05) is 31.1 Å². The van der Waals surface area contributed by atoms with Crippen molar-refractivity contribution >= 4 is 17.6 Å². The lowest BCUT2D eigenvalue weighted by Gasteiger charge is -2.09. The van der Waals surface area contributed by atoms with E-state index in [9.17, 15) is 0 Å². The molecule has 0 aliphatic rings. The van der Waals surface area contributed by atoms with E-state index in [2.05, 4.69) is 60.1 Å². The first-order valence-corrected chi connectivity index (χ1v) is 7.82. The monoisotopic (exact) mass is 313 g/mol. The summed E-state index contributed by atoms with van der Waals surface area (Å²) >= 11 is 0. The molecule has 0 atom stereocenters. The van der Waals surface area contributed by atoms with Crippen LogP contribution in [0.4, 0.5) is 0 Å². The lowest BCUT2D eigenvalue weighted by molar-refractivity contribution is 0.800. The van der Waals surface area contributed by atoms with Crippen molar-refractivity contribution in [3.8, 4) is 6.07 Å². The van der Waals surface area contributed by atoms with Crippen molar-refractivity contribution in [1.29, 1.82) is 5.26 Å². The molecule has 3 rings (SSSR count). The SMILES string of the molecule is C=CB(c1ccccc1)c1ccccc1.Cc1cncn1CC#N. The minimum absolute atomic E-state index is 0.299. The Bertz CT molecular complexity index is 749. The summed E-state index contributed by atoms with van der Waals surface area (Å²) in [6.07, 6.45) is 3.38. The van der Waals surface area contributed by atoms with Crippen LogP contribution < -0.4 is 10.9 Å². The van der Waals surface area contributed by atoms with Gasteiger partial charge in [-0.1, -0.05) is 71.6 Å². The van der Waals surface area contributed by atoms with Crippen LogP contribution in [0.3, 0.4) is 0 Å². The van der Waals surface area contributed by atoms with Crippen molar-refractivity contribution in [2.45, 2.75) is 13.5 Å². The number of rotatable bonds is 4.